The van der Waals surface area contributed by atoms with Crippen molar-refractivity contribution >= 4 is 22.9 Å². The van der Waals surface area contributed by atoms with Gasteiger partial charge in [-0.2, -0.15) is 0 Å². The van der Waals surface area contributed by atoms with Gasteiger partial charge in [0.05, 0.1) is 10.4 Å². The monoisotopic (exact) mass is 263 g/mol. The second-order valence-electron chi connectivity index (χ2n) is 4.50. The molecule has 0 saturated carbocycles. The van der Waals surface area contributed by atoms with Crippen molar-refractivity contribution < 1.29 is 0 Å². The Labute approximate surface area is 110 Å². The van der Waals surface area contributed by atoms with Gasteiger partial charge in [-0.3, -0.25) is 0 Å². The Morgan fingerprint density at radius 3 is 2.71 bits per heavy atom. The highest BCUT2D eigenvalue weighted by Crippen LogP contribution is 2.31. The molecular formula is C14H14ClNS. The van der Waals surface area contributed by atoms with Gasteiger partial charge in [-0.25, -0.2) is 0 Å². The van der Waals surface area contributed by atoms with E-state index >= 15 is 0 Å². The first kappa shape index (κ1) is 11.3. The summed E-state index contributed by atoms with van der Waals surface area (Å²) in [5, 5.41) is 0. The summed E-state index contributed by atoms with van der Waals surface area (Å²) in [4.78, 5) is 1.13. The van der Waals surface area contributed by atoms with Gasteiger partial charge in [0.1, 0.15) is 0 Å². The minimum absolute atomic E-state index is 0.0431. The lowest BCUT2D eigenvalue weighted by Crippen LogP contribution is -2.10. The molecule has 3 rings (SSSR count). The van der Waals surface area contributed by atoms with Crippen molar-refractivity contribution in [1.82, 2.24) is 0 Å². The molecule has 17 heavy (non-hydrogen) atoms. The van der Waals surface area contributed by atoms with E-state index in [-0.39, 0.29) is 6.04 Å². The van der Waals surface area contributed by atoms with Crippen molar-refractivity contribution in [1.29, 1.82) is 0 Å². The highest BCUT2D eigenvalue weighted by molar-refractivity contribution is 7.16. The highest BCUT2D eigenvalue weighted by atomic mass is 35.5. The quantitative estimate of drug-likeness (QED) is 0.873. The number of hydrogen-bond acceptors (Lipinski definition) is 2. The maximum atomic E-state index is 6.28. The number of halogens is 1. The number of fused-ring (bicyclic) bond motifs is 1. The molecule has 1 aliphatic carbocycles. The van der Waals surface area contributed by atoms with E-state index in [2.05, 4.69) is 18.2 Å². The zero-order valence-electron chi connectivity index (χ0n) is 9.45. The average molecular weight is 264 g/mol. The number of hydrogen-bond donors (Lipinski definition) is 1. The Bertz CT molecular complexity index is 547. The summed E-state index contributed by atoms with van der Waals surface area (Å²) in [5.74, 6) is 0. The van der Waals surface area contributed by atoms with Crippen LogP contribution in [0.1, 0.15) is 34.0 Å². The van der Waals surface area contributed by atoms with Crippen LogP contribution in [0, 0.1) is 0 Å². The van der Waals surface area contributed by atoms with Crippen LogP contribution in [0.3, 0.4) is 0 Å². The van der Waals surface area contributed by atoms with Gasteiger partial charge >= 0.3 is 0 Å². The molecule has 0 fully saturated rings. The molecule has 0 radical (unpaired) electrons. The van der Waals surface area contributed by atoms with Crippen LogP contribution in [-0.2, 0) is 12.8 Å². The predicted octanol–water partition coefficient (Wildman–Crippen LogP) is 3.94. The van der Waals surface area contributed by atoms with Crippen molar-refractivity contribution in [3.05, 3.63) is 56.2 Å². The van der Waals surface area contributed by atoms with Crippen LogP contribution in [0.4, 0.5) is 0 Å². The molecule has 1 aromatic carbocycles. The zero-order valence-corrected chi connectivity index (χ0v) is 11.0. The highest BCUT2D eigenvalue weighted by Gasteiger charge is 2.15. The van der Waals surface area contributed by atoms with Gasteiger partial charge in [0.15, 0.2) is 0 Å². The van der Waals surface area contributed by atoms with Crippen molar-refractivity contribution in [2.75, 3.05) is 0 Å². The summed E-state index contributed by atoms with van der Waals surface area (Å²) >= 11 is 7.51. The van der Waals surface area contributed by atoms with Crippen LogP contribution in [0.2, 0.25) is 4.34 Å². The van der Waals surface area contributed by atoms with Crippen LogP contribution >= 0.6 is 22.9 Å². The summed E-state index contributed by atoms with van der Waals surface area (Å²) in [5.41, 5.74) is 10.4. The Morgan fingerprint density at radius 1 is 1.12 bits per heavy atom. The summed E-state index contributed by atoms with van der Waals surface area (Å²) in [6.45, 7) is 0. The minimum atomic E-state index is -0.0431. The number of thiophene rings is 1. The van der Waals surface area contributed by atoms with E-state index < -0.39 is 0 Å². The first-order valence-electron chi connectivity index (χ1n) is 5.86. The Morgan fingerprint density at radius 2 is 1.94 bits per heavy atom. The third-order valence-electron chi connectivity index (χ3n) is 3.38. The van der Waals surface area contributed by atoms with Gasteiger partial charge in [0, 0.05) is 4.88 Å². The fourth-order valence-corrected chi connectivity index (χ4v) is 3.54. The molecule has 0 saturated heterocycles. The van der Waals surface area contributed by atoms with Crippen LogP contribution in [-0.4, -0.2) is 0 Å². The molecule has 1 nitrogen and oxygen atoms in total. The molecule has 1 heterocycles. The molecule has 2 aromatic rings. The van der Waals surface area contributed by atoms with Gasteiger partial charge in [0.25, 0.3) is 0 Å². The van der Waals surface area contributed by atoms with Gasteiger partial charge < -0.3 is 5.73 Å². The van der Waals surface area contributed by atoms with Gasteiger partial charge in [-0.05, 0) is 48.1 Å². The summed E-state index contributed by atoms with van der Waals surface area (Å²) < 4.78 is 0.802. The largest absolute Gasteiger partial charge is 0.320 e. The van der Waals surface area contributed by atoms with E-state index in [4.69, 9.17) is 17.3 Å². The van der Waals surface area contributed by atoms with Crippen molar-refractivity contribution in [3.8, 4) is 0 Å². The van der Waals surface area contributed by atoms with E-state index in [0.717, 1.165) is 9.21 Å². The standard InChI is InChI=1S/C14H14ClNS/c15-13-7-6-12(17-13)14(16)11-5-4-9-2-1-3-10(9)8-11/h4-8,14H,1-3,16H2. The molecule has 2 N–H and O–H groups in total. The van der Waals surface area contributed by atoms with E-state index in [1.807, 2.05) is 12.1 Å². The topological polar surface area (TPSA) is 26.0 Å². The summed E-state index contributed by atoms with van der Waals surface area (Å²) in [6, 6.07) is 10.5. The molecule has 0 aliphatic heterocycles. The number of aryl methyl sites for hydroxylation is 2. The third-order valence-corrected chi connectivity index (χ3v) is 4.70. The molecule has 1 atom stereocenters. The molecule has 88 valence electrons. The predicted molar refractivity (Wildman–Crippen MR) is 73.8 cm³/mol. The van der Waals surface area contributed by atoms with E-state index in [1.54, 1.807) is 11.3 Å². The maximum absolute atomic E-state index is 6.28. The number of rotatable bonds is 2. The van der Waals surface area contributed by atoms with Gasteiger partial charge in [-0.1, -0.05) is 29.8 Å². The molecule has 0 amide bonds. The normalized spacial score (nSPS) is 15.9. The zero-order chi connectivity index (χ0) is 11.8. The number of benzene rings is 1. The maximum Gasteiger partial charge on any atom is 0.0931 e. The molecule has 0 bridgehead atoms. The fourth-order valence-electron chi connectivity index (χ4n) is 2.44. The average Bonchev–Trinajstić information content (AvgIpc) is 2.95. The Kier molecular flexibility index (Phi) is 2.95. The smallest absolute Gasteiger partial charge is 0.0931 e. The van der Waals surface area contributed by atoms with Crippen molar-refractivity contribution in [2.24, 2.45) is 5.73 Å². The van der Waals surface area contributed by atoms with Gasteiger partial charge in [-0.15, -0.1) is 11.3 Å². The minimum Gasteiger partial charge on any atom is -0.320 e. The first-order chi connectivity index (χ1) is 8.24. The lowest BCUT2D eigenvalue weighted by molar-refractivity contribution is 0.887. The molecule has 1 unspecified atom stereocenters. The molecule has 3 heteroatoms. The lowest BCUT2D eigenvalue weighted by atomic mass is 10.0. The molecule has 0 spiro atoms. The van der Waals surface area contributed by atoms with Gasteiger partial charge in [0.2, 0.25) is 0 Å². The van der Waals surface area contributed by atoms with Crippen LogP contribution in [0.5, 0.6) is 0 Å². The summed E-state index contributed by atoms with van der Waals surface area (Å²) in [7, 11) is 0. The van der Waals surface area contributed by atoms with E-state index in [0.29, 0.717) is 0 Å². The SMILES string of the molecule is NC(c1ccc2c(c1)CCC2)c1ccc(Cl)s1. The third kappa shape index (κ3) is 2.13. The van der Waals surface area contributed by atoms with Crippen LogP contribution in [0.15, 0.2) is 30.3 Å². The second kappa shape index (κ2) is 4.45. The molecule has 1 aliphatic rings. The van der Waals surface area contributed by atoms with E-state index in [9.17, 15) is 0 Å². The van der Waals surface area contributed by atoms with E-state index in [1.165, 1.54) is 36.0 Å². The van der Waals surface area contributed by atoms with Crippen LogP contribution < -0.4 is 5.73 Å². The summed E-state index contributed by atoms with van der Waals surface area (Å²) in [6.07, 6.45) is 3.69. The van der Waals surface area contributed by atoms with Crippen molar-refractivity contribution in [3.63, 3.8) is 0 Å². The first-order valence-corrected chi connectivity index (χ1v) is 7.06. The Hall–Kier alpha value is -0.830. The Balaban J connectivity index is 1.94. The molecule has 1 aromatic heterocycles. The fraction of sp³-hybridized carbons (Fsp3) is 0.286. The van der Waals surface area contributed by atoms with Crippen molar-refractivity contribution in [2.45, 2.75) is 25.3 Å². The molecular weight excluding hydrogens is 250 g/mol. The van der Waals surface area contributed by atoms with Crippen LogP contribution in [0.25, 0.3) is 0 Å². The lowest BCUT2D eigenvalue weighted by Gasteiger charge is -2.11. The second-order valence-corrected chi connectivity index (χ2v) is 6.25. The number of nitrogens with two attached hydrogens (primary N) is 1.